The number of hydrogen-bond donors (Lipinski definition) is 2. The van der Waals surface area contributed by atoms with Gasteiger partial charge in [0.2, 0.25) is 0 Å². The van der Waals surface area contributed by atoms with Crippen LogP contribution in [0, 0.1) is 5.41 Å². The molecular formula is C15H26N2. The van der Waals surface area contributed by atoms with E-state index in [9.17, 15) is 0 Å². The Morgan fingerprint density at radius 3 is 2.47 bits per heavy atom. The Bertz CT molecular complexity index is 343. The molecule has 0 aliphatic carbocycles. The zero-order valence-electron chi connectivity index (χ0n) is 11.6. The first-order valence-corrected chi connectivity index (χ1v) is 6.49. The normalized spacial score (nSPS) is 11.9. The fourth-order valence-corrected chi connectivity index (χ4v) is 1.80. The van der Waals surface area contributed by atoms with Gasteiger partial charge in [0.1, 0.15) is 0 Å². The van der Waals surface area contributed by atoms with Gasteiger partial charge in [0.05, 0.1) is 0 Å². The molecule has 0 radical (unpaired) electrons. The SMILES string of the molecule is CC(C)c1ccccc1NCCC(C)(C)CN. The zero-order valence-corrected chi connectivity index (χ0v) is 11.6. The maximum absolute atomic E-state index is 5.74. The highest BCUT2D eigenvalue weighted by molar-refractivity contribution is 5.52. The summed E-state index contributed by atoms with van der Waals surface area (Å²) in [6, 6.07) is 8.54. The smallest absolute Gasteiger partial charge is 0.0375 e. The predicted molar refractivity (Wildman–Crippen MR) is 76.5 cm³/mol. The van der Waals surface area contributed by atoms with Gasteiger partial charge in [0.15, 0.2) is 0 Å². The Kier molecular flexibility index (Phi) is 5.01. The Morgan fingerprint density at radius 1 is 1.24 bits per heavy atom. The molecular weight excluding hydrogens is 208 g/mol. The van der Waals surface area contributed by atoms with E-state index in [4.69, 9.17) is 5.73 Å². The van der Waals surface area contributed by atoms with Crippen molar-refractivity contribution in [3.05, 3.63) is 29.8 Å². The molecule has 0 amide bonds. The van der Waals surface area contributed by atoms with Crippen LogP contribution < -0.4 is 11.1 Å². The van der Waals surface area contributed by atoms with Crippen LogP contribution in [0.2, 0.25) is 0 Å². The number of rotatable bonds is 6. The minimum atomic E-state index is 0.222. The first-order valence-electron chi connectivity index (χ1n) is 6.49. The van der Waals surface area contributed by atoms with Crippen molar-refractivity contribution in [1.82, 2.24) is 0 Å². The number of nitrogens with one attached hydrogen (secondary N) is 1. The van der Waals surface area contributed by atoms with Crippen LogP contribution in [-0.2, 0) is 0 Å². The molecule has 0 aliphatic heterocycles. The van der Waals surface area contributed by atoms with Gasteiger partial charge in [0.25, 0.3) is 0 Å². The Balaban J connectivity index is 2.58. The monoisotopic (exact) mass is 234 g/mol. The van der Waals surface area contributed by atoms with E-state index < -0.39 is 0 Å². The first kappa shape index (κ1) is 14.0. The Morgan fingerprint density at radius 2 is 1.88 bits per heavy atom. The van der Waals surface area contributed by atoms with E-state index in [1.807, 2.05) is 0 Å². The highest BCUT2D eigenvalue weighted by atomic mass is 14.9. The van der Waals surface area contributed by atoms with Gasteiger partial charge in [-0.25, -0.2) is 0 Å². The quantitative estimate of drug-likeness (QED) is 0.789. The van der Waals surface area contributed by atoms with Crippen molar-refractivity contribution in [2.24, 2.45) is 11.1 Å². The molecule has 1 rings (SSSR count). The van der Waals surface area contributed by atoms with Gasteiger partial charge >= 0.3 is 0 Å². The van der Waals surface area contributed by atoms with E-state index in [0.717, 1.165) is 19.5 Å². The average Bonchev–Trinajstić information content (AvgIpc) is 2.29. The standard InChI is InChI=1S/C15H26N2/c1-12(2)13-7-5-6-8-14(13)17-10-9-15(3,4)11-16/h5-8,12,17H,9-11,16H2,1-4H3. The second-order valence-corrected chi connectivity index (χ2v) is 5.79. The summed E-state index contributed by atoms with van der Waals surface area (Å²) in [6.07, 6.45) is 1.09. The van der Waals surface area contributed by atoms with Crippen LogP contribution in [0.5, 0.6) is 0 Å². The van der Waals surface area contributed by atoms with E-state index in [-0.39, 0.29) is 5.41 Å². The third-order valence-corrected chi connectivity index (χ3v) is 3.25. The summed E-state index contributed by atoms with van der Waals surface area (Å²) in [4.78, 5) is 0. The summed E-state index contributed by atoms with van der Waals surface area (Å²) in [5, 5.41) is 3.53. The van der Waals surface area contributed by atoms with Crippen LogP contribution in [0.3, 0.4) is 0 Å². The number of benzene rings is 1. The van der Waals surface area contributed by atoms with Gasteiger partial charge in [0, 0.05) is 12.2 Å². The lowest BCUT2D eigenvalue weighted by Gasteiger charge is -2.23. The number of para-hydroxylation sites is 1. The summed E-state index contributed by atoms with van der Waals surface area (Å²) in [5.74, 6) is 0.557. The van der Waals surface area contributed by atoms with Crippen LogP contribution >= 0.6 is 0 Å². The molecule has 2 nitrogen and oxygen atoms in total. The Hall–Kier alpha value is -1.02. The van der Waals surface area contributed by atoms with Crippen molar-refractivity contribution in [1.29, 1.82) is 0 Å². The second-order valence-electron chi connectivity index (χ2n) is 5.79. The molecule has 0 heterocycles. The maximum Gasteiger partial charge on any atom is 0.0375 e. The van der Waals surface area contributed by atoms with Crippen molar-refractivity contribution < 1.29 is 0 Å². The molecule has 96 valence electrons. The number of anilines is 1. The van der Waals surface area contributed by atoms with Gasteiger partial charge < -0.3 is 11.1 Å². The van der Waals surface area contributed by atoms with E-state index in [0.29, 0.717) is 5.92 Å². The molecule has 0 fully saturated rings. The molecule has 0 saturated heterocycles. The third-order valence-electron chi connectivity index (χ3n) is 3.25. The third kappa shape index (κ3) is 4.39. The van der Waals surface area contributed by atoms with Crippen molar-refractivity contribution in [3.63, 3.8) is 0 Å². The van der Waals surface area contributed by atoms with Crippen LogP contribution in [-0.4, -0.2) is 13.1 Å². The minimum Gasteiger partial charge on any atom is -0.385 e. The van der Waals surface area contributed by atoms with E-state index in [1.165, 1.54) is 11.3 Å². The van der Waals surface area contributed by atoms with Crippen LogP contribution in [0.1, 0.15) is 45.6 Å². The van der Waals surface area contributed by atoms with Crippen molar-refractivity contribution in [3.8, 4) is 0 Å². The second kappa shape index (κ2) is 6.06. The van der Waals surface area contributed by atoms with Gasteiger partial charge in [-0.3, -0.25) is 0 Å². The molecule has 0 saturated carbocycles. The molecule has 3 N–H and O–H groups in total. The largest absolute Gasteiger partial charge is 0.385 e. The average molecular weight is 234 g/mol. The fourth-order valence-electron chi connectivity index (χ4n) is 1.80. The highest BCUT2D eigenvalue weighted by Gasteiger charge is 2.15. The van der Waals surface area contributed by atoms with Gasteiger partial charge in [-0.1, -0.05) is 45.9 Å². The summed E-state index contributed by atoms with van der Waals surface area (Å²) in [7, 11) is 0. The summed E-state index contributed by atoms with van der Waals surface area (Å²) in [5.41, 5.74) is 8.60. The zero-order chi connectivity index (χ0) is 12.9. The van der Waals surface area contributed by atoms with Gasteiger partial charge in [-0.2, -0.15) is 0 Å². The van der Waals surface area contributed by atoms with Crippen molar-refractivity contribution >= 4 is 5.69 Å². The van der Waals surface area contributed by atoms with Crippen LogP contribution in [0.25, 0.3) is 0 Å². The number of nitrogens with two attached hydrogens (primary N) is 1. The molecule has 1 aromatic rings. The highest BCUT2D eigenvalue weighted by Crippen LogP contribution is 2.24. The molecule has 1 aromatic carbocycles. The Labute approximate surface area is 106 Å². The van der Waals surface area contributed by atoms with Crippen LogP contribution in [0.15, 0.2) is 24.3 Å². The summed E-state index contributed by atoms with van der Waals surface area (Å²) in [6.45, 7) is 10.6. The topological polar surface area (TPSA) is 38.0 Å². The van der Waals surface area contributed by atoms with E-state index in [1.54, 1.807) is 0 Å². The molecule has 0 atom stereocenters. The van der Waals surface area contributed by atoms with Gasteiger partial charge in [-0.05, 0) is 35.9 Å². The maximum atomic E-state index is 5.74. The van der Waals surface area contributed by atoms with Crippen molar-refractivity contribution in [2.75, 3.05) is 18.4 Å². The molecule has 0 unspecified atom stereocenters. The van der Waals surface area contributed by atoms with E-state index in [2.05, 4.69) is 57.3 Å². The lowest BCUT2D eigenvalue weighted by molar-refractivity contribution is 0.358. The minimum absolute atomic E-state index is 0.222. The molecule has 17 heavy (non-hydrogen) atoms. The molecule has 0 aromatic heterocycles. The summed E-state index contributed by atoms with van der Waals surface area (Å²) >= 11 is 0. The van der Waals surface area contributed by atoms with Crippen molar-refractivity contribution in [2.45, 2.75) is 40.0 Å². The molecule has 2 heteroatoms. The fraction of sp³-hybridized carbons (Fsp3) is 0.600. The molecule has 0 bridgehead atoms. The predicted octanol–water partition coefficient (Wildman–Crippen LogP) is 3.60. The van der Waals surface area contributed by atoms with Crippen LogP contribution in [0.4, 0.5) is 5.69 Å². The molecule has 0 spiro atoms. The first-order chi connectivity index (χ1) is 7.96. The lowest BCUT2D eigenvalue weighted by atomic mass is 9.89. The summed E-state index contributed by atoms with van der Waals surface area (Å²) < 4.78 is 0. The van der Waals surface area contributed by atoms with Gasteiger partial charge in [-0.15, -0.1) is 0 Å². The molecule has 0 aliphatic rings. The van der Waals surface area contributed by atoms with E-state index >= 15 is 0 Å². The lowest BCUT2D eigenvalue weighted by Crippen LogP contribution is -2.26. The number of hydrogen-bond acceptors (Lipinski definition) is 2.